The third kappa shape index (κ3) is 7.15. The van der Waals surface area contributed by atoms with Gasteiger partial charge < -0.3 is 14.2 Å². The van der Waals surface area contributed by atoms with E-state index in [-0.39, 0.29) is 5.57 Å². The number of esters is 2. The SMILES string of the molecule is CC1=NC(C)=C(C(=O)OCCOCC(F)(F)F)C(c2cccc(C#N)c2)C1C(=O)OC(C)C. The molecule has 0 fully saturated rings. The highest BCUT2D eigenvalue weighted by Crippen LogP contribution is 2.40. The summed E-state index contributed by atoms with van der Waals surface area (Å²) in [7, 11) is 0. The first-order chi connectivity index (χ1) is 15.4. The molecule has 0 N–H and O–H groups in total. The number of halogens is 3. The number of allylic oxidation sites excluding steroid dienone is 1. The summed E-state index contributed by atoms with van der Waals surface area (Å²) in [5.41, 5.74) is 1.63. The zero-order valence-electron chi connectivity index (χ0n) is 18.7. The van der Waals surface area contributed by atoms with Crippen LogP contribution in [0.4, 0.5) is 13.2 Å². The number of carbonyl (C=O) groups excluding carboxylic acids is 2. The molecule has 0 radical (unpaired) electrons. The lowest BCUT2D eigenvalue weighted by atomic mass is 9.75. The molecular weight excluding hydrogens is 441 g/mol. The van der Waals surface area contributed by atoms with E-state index in [4.69, 9.17) is 9.47 Å². The van der Waals surface area contributed by atoms with Gasteiger partial charge in [0, 0.05) is 17.3 Å². The molecule has 178 valence electrons. The topological polar surface area (TPSA) is 98.0 Å². The average molecular weight is 466 g/mol. The van der Waals surface area contributed by atoms with Crippen molar-refractivity contribution in [2.45, 2.75) is 45.9 Å². The van der Waals surface area contributed by atoms with Gasteiger partial charge in [0.2, 0.25) is 0 Å². The first-order valence-corrected chi connectivity index (χ1v) is 10.2. The van der Waals surface area contributed by atoms with Crippen LogP contribution in [0.15, 0.2) is 40.5 Å². The van der Waals surface area contributed by atoms with Gasteiger partial charge in [-0.25, -0.2) is 4.79 Å². The molecule has 1 aliphatic rings. The van der Waals surface area contributed by atoms with Crippen molar-refractivity contribution in [3.8, 4) is 6.07 Å². The molecule has 1 heterocycles. The van der Waals surface area contributed by atoms with Crippen LogP contribution < -0.4 is 0 Å². The van der Waals surface area contributed by atoms with Crippen molar-refractivity contribution in [1.29, 1.82) is 5.26 Å². The Kier molecular flexibility index (Phi) is 8.76. The first kappa shape index (κ1) is 26.1. The summed E-state index contributed by atoms with van der Waals surface area (Å²) in [4.78, 5) is 30.3. The minimum Gasteiger partial charge on any atom is -0.462 e. The second kappa shape index (κ2) is 11.1. The number of carbonyl (C=O) groups is 2. The molecule has 1 aromatic rings. The largest absolute Gasteiger partial charge is 0.462 e. The number of aliphatic imine (C=N–C) groups is 1. The molecule has 1 aromatic carbocycles. The van der Waals surface area contributed by atoms with Crippen molar-refractivity contribution in [3.05, 3.63) is 46.7 Å². The van der Waals surface area contributed by atoms with Gasteiger partial charge in [0.05, 0.1) is 29.9 Å². The summed E-state index contributed by atoms with van der Waals surface area (Å²) in [6.45, 7) is 4.27. The van der Waals surface area contributed by atoms with Gasteiger partial charge in [-0.15, -0.1) is 0 Å². The Balaban J connectivity index is 2.37. The van der Waals surface area contributed by atoms with Crippen molar-refractivity contribution in [3.63, 3.8) is 0 Å². The lowest BCUT2D eigenvalue weighted by Gasteiger charge is -2.32. The molecule has 2 unspecified atom stereocenters. The summed E-state index contributed by atoms with van der Waals surface area (Å²) in [6, 6.07) is 8.47. The standard InChI is InChI=1S/C23H25F3N2O5/c1-13(2)33-22(30)19-15(4)28-14(3)18(20(19)17-7-5-6-16(10-17)11-27)21(29)32-9-8-31-12-23(24,25)26/h5-7,10,13,19-20H,8-9,12H2,1-4H3. The molecule has 1 aliphatic heterocycles. The zero-order chi connectivity index (χ0) is 24.8. The van der Waals surface area contributed by atoms with E-state index in [1.165, 1.54) is 0 Å². The van der Waals surface area contributed by atoms with E-state index < -0.39 is 55.9 Å². The van der Waals surface area contributed by atoms with Crippen LogP contribution in [0.2, 0.25) is 0 Å². The van der Waals surface area contributed by atoms with Gasteiger partial charge in [-0.1, -0.05) is 12.1 Å². The Morgan fingerprint density at radius 2 is 1.91 bits per heavy atom. The predicted molar refractivity (Wildman–Crippen MR) is 112 cm³/mol. The Hall–Kier alpha value is -3.19. The summed E-state index contributed by atoms with van der Waals surface area (Å²) in [5.74, 6) is -3.24. The number of alkyl halides is 3. The highest BCUT2D eigenvalue weighted by atomic mass is 19.4. The zero-order valence-corrected chi connectivity index (χ0v) is 18.7. The molecule has 0 saturated carbocycles. The number of nitrogens with zero attached hydrogens (tertiary/aromatic N) is 2. The highest BCUT2D eigenvalue weighted by Gasteiger charge is 2.42. The second-order valence-electron chi connectivity index (χ2n) is 7.73. The van der Waals surface area contributed by atoms with Gasteiger partial charge in [-0.2, -0.15) is 18.4 Å². The van der Waals surface area contributed by atoms with E-state index in [0.717, 1.165) is 0 Å². The van der Waals surface area contributed by atoms with Crippen molar-refractivity contribution >= 4 is 17.7 Å². The van der Waals surface area contributed by atoms with E-state index in [1.54, 1.807) is 52.0 Å². The van der Waals surface area contributed by atoms with Crippen molar-refractivity contribution in [2.75, 3.05) is 19.8 Å². The molecule has 0 amide bonds. The van der Waals surface area contributed by atoms with Gasteiger partial charge in [0.1, 0.15) is 19.1 Å². The van der Waals surface area contributed by atoms with Crippen molar-refractivity contribution in [1.82, 2.24) is 0 Å². The van der Waals surface area contributed by atoms with E-state index in [0.29, 0.717) is 22.5 Å². The summed E-state index contributed by atoms with van der Waals surface area (Å²) >= 11 is 0. The monoisotopic (exact) mass is 466 g/mol. The molecular formula is C23H25F3N2O5. The molecule has 2 atom stereocenters. The van der Waals surface area contributed by atoms with Gasteiger partial charge in [-0.05, 0) is 45.4 Å². The smallest absolute Gasteiger partial charge is 0.411 e. The van der Waals surface area contributed by atoms with Crippen molar-refractivity contribution in [2.24, 2.45) is 10.9 Å². The number of nitriles is 1. The van der Waals surface area contributed by atoms with E-state index >= 15 is 0 Å². The summed E-state index contributed by atoms with van der Waals surface area (Å²) in [6.07, 6.45) is -4.90. The fourth-order valence-electron chi connectivity index (χ4n) is 3.53. The van der Waals surface area contributed by atoms with Gasteiger partial charge in [0.25, 0.3) is 0 Å². The highest BCUT2D eigenvalue weighted by molar-refractivity contribution is 6.07. The van der Waals surface area contributed by atoms with Crippen LogP contribution in [0.25, 0.3) is 0 Å². The van der Waals surface area contributed by atoms with Crippen LogP contribution in [0, 0.1) is 17.2 Å². The minimum absolute atomic E-state index is 0.0669. The molecule has 0 saturated heterocycles. The van der Waals surface area contributed by atoms with E-state index in [9.17, 15) is 28.0 Å². The molecule has 0 aromatic heterocycles. The molecule has 10 heteroatoms. The van der Waals surface area contributed by atoms with Crippen molar-refractivity contribution < 1.29 is 37.0 Å². The third-order valence-corrected chi connectivity index (χ3v) is 4.76. The first-order valence-electron chi connectivity index (χ1n) is 10.2. The van der Waals surface area contributed by atoms with Gasteiger partial charge >= 0.3 is 18.1 Å². The fraction of sp³-hybridized carbons (Fsp3) is 0.478. The second-order valence-corrected chi connectivity index (χ2v) is 7.73. The van der Waals surface area contributed by atoms with Crippen LogP contribution in [-0.4, -0.2) is 49.8 Å². The Morgan fingerprint density at radius 1 is 1.21 bits per heavy atom. The molecule has 7 nitrogen and oxygen atoms in total. The third-order valence-electron chi connectivity index (χ3n) is 4.76. The summed E-state index contributed by atoms with van der Waals surface area (Å²) in [5, 5.41) is 9.29. The lowest BCUT2D eigenvalue weighted by Crippen LogP contribution is -2.37. The number of hydrogen-bond acceptors (Lipinski definition) is 7. The molecule has 0 bridgehead atoms. The number of ether oxygens (including phenoxy) is 3. The van der Waals surface area contributed by atoms with E-state index in [2.05, 4.69) is 9.73 Å². The minimum atomic E-state index is -4.49. The van der Waals surface area contributed by atoms with Crippen LogP contribution in [0.3, 0.4) is 0 Å². The summed E-state index contributed by atoms with van der Waals surface area (Å²) < 4.78 is 51.6. The predicted octanol–water partition coefficient (Wildman–Crippen LogP) is 4.08. The van der Waals surface area contributed by atoms with Crippen LogP contribution in [-0.2, 0) is 23.8 Å². The lowest BCUT2D eigenvalue weighted by molar-refractivity contribution is -0.177. The molecule has 0 aliphatic carbocycles. The Labute approximate surface area is 189 Å². The average Bonchev–Trinajstić information content (AvgIpc) is 2.71. The molecule has 0 spiro atoms. The Bertz CT molecular complexity index is 993. The Morgan fingerprint density at radius 3 is 2.52 bits per heavy atom. The maximum atomic E-state index is 13.0. The number of rotatable bonds is 8. The van der Waals surface area contributed by atoms with E-state index in [1.807, 2.05) is 6.07 Å². The number of benzene rings is 1. The quantitative estimate of drug-likeness (QED) is 0.423. The van der Waals surface area contributed by atoms with Gasteiger partial charge in [0.15, 0.2) is 0 Å². The normalized spacial score (nSPS) is 18.6. The number of hydrogen-bond donors (Lipinski definition) is 0. The maximum Gasteiger partial charge on any atom is 0.411 e. The fourth-order valence-corrected chi connectivity index (χ4v) is 3.53. The van der Waals surface area contributed by atoms with Gasteiger partial charge in [-0.3, -0.25) is 9.79 Å². The molecule has 2 rings (SSSR count). The van der Waals surface area contributed by atoms with Crippen LogP contribution >= 0.6 is 0 Å². The van der Waals surface area contributed by atoms with Crippen LogP contribution in [0.5, 0.6) is 0 Å². The maximum absolute atomic E-state index is 13.0. The molecule has 33 heavy (non-hydrogen) atoms. The van der Waals surface area contributed by atoms with Crippen LogP contribution in [0.1, 0.15) is 44.7 Å².